The molecule has 0 spiro atoms. The summed E-state index contributed by atoms with van der Waals surface area (Å²) in [6, 6.07) is 14.2. The molecule has 1 aliphatic rings. The Kier molecular flexibility index (Phi) is 11.0. The number of anilines is 2. The van der Waals surface area contributed by atoms with Crippen LogP contribution in [0.5, 0.6) is 0 Å². The first-order chi connectivity index (χ1) is 14.6. The van der Waals surface area contributed by atoms with E-state index < -0.39 is 0 Å². The predicted octanol–water partition coefficient (Wildman–Crippen LogP) is 2.45. The summed E-state index contributed by atoms with van der Waals surface area (Å²) in [5.74, 6) is 0. The highest BCUT2D eigenvalue weighted by atomic mass is 127. The zero-order valence-electron chi connectivity index (χ0n) is 19.7. The predicted molar refractivity (Wildman–Crippen MR) is 132 cm³/mol. The molecule has 0 fully saturated rings. The van der Waals surface area contributed by atoms with E-state index in [0.29, 0.717) is 6.04 Å². The molecule has 0 amide bonds. The number of halogens is 1. The van der Waals surface area contributed by atoms with E-state index in [0.717, 1.165) is 26.2 Å². The van der Waals surface area contributed by atoms with Crippen molar-refractivity contribution in [1.29, 1.82) is 0 Å². The highest BCUT2D eigenvalue weighted by Gasteiger charge is 2.22. The van der Waals surface area contributed by atoms with Crippen LogP contribution in [0.3, 0.4) is 0 Å². The summed E-state index contributed by atoms with van der Waals surface area (Å²) < 4.78 is 0. The molecule has 3 rings (SSSR count). The van der Waals surface area contributed by atoms with Gasteiger partial charge in [-0.15, -0.1) is 0 Å². The highest BCUT2D eigenvalue weighted by Crippen LogP contribution is 2.41. The lowest BCUT2D eigenvalue weighted by Crippen LogP contribution is -3.00. The molecular weight excluding hydrogens is 515 g/mol. The number of rotatable bonds is 11. The molecule has 2 aromatic rings. The average molecular weight is 555 g/mol. The van der Waals surface area contributed by atoms with E-state index >= 15 is 0 Å². The summed E-state index contributed by atoms with van der Waals surface area (Å²) in [5.41, 5.74) is 5.20. The maximum atomic E-state index is 3.72. The van der Waals surface area contributed by atoms with Crippen LogP contribution in [0, 0.1) is 0 Å². The van der Waals surface area contributed by atoms with Gasteiger partial charge in [0.2, 0.25) is 0 Å². The van der Waals surface area contributed by atoms with Crippen LogP contribution < -0.4 is 39.5 Å². The molecule has 0 saturated heterocycles. The molecule has 0 saturated carbocycles. The van der Waals surface area contributed by atoms with Crippen LogP contribution in [0.25, 0.3) is 0 Å². The Labute approximate surface area is 210 Å². The van der Waals surface area contributed by atoms with Gasteiger partial charge in [-0.3, -0.25) is 5.32 Å². The Balaban J connectivity index is 0.00000341. The van der Waals surface area contributed by atoms with Crippen LogP contribution in [0.2, 0.25) is 0 Å². The number of nitrogens with zero attached hydrogens (tertiary/aromatic N) is 2. The van der Waals surface area contributed by atoms with Gasteiger partial charge in [-0.05, 0) is 77.5 Å². The number of fused-ring (bicyclic) bond motifs is 2. The van der Waals surface area contributed by atoms with E-state index in [1.54, 1.807) is 0 Å². The third-order valence-electron chi connectivity index (χ3n) is 6.09. The number of nitrogens with one attached hydrogen (secondary N) is 1. The van der Waals surface area contributed by atoms with Gasteiger partial charge in [-0.2, -0.15) is 0 Å². The second-order valence-electron chi connectivity index (χ2n) is 8.11. The van der Waals surface area contributed by atoms with E-state index in [1.165, 1.54) is 51.9 Å². The largest absolute Gasteiger partial charge is 1.00 e. The molecule has 2 aromatic carbocycles. The van der Waals surface area contributed by atoms with Crippen molar-refractivity contribution in [2.45, 2.75) is 63.3 Å². The zero-order valence-corrected chi connectivity index (χ0v) is 22.7. The summed E-state index contributed by atoms with van der Waals surface area (Å²) in [5, 5.41) is 6.04. The first-order valence-corrected chi connectivity index (χ1v) is 12.4. The first-order valence-electron chi connectivity index (χ1n) is 11.6. The minimum absolute atomic E-state index is 0. The molecule has 1 unspecified atom stereocenters. The molecule has 172 valence electrons. The second-order valence-corrected chi connectivity index (χ2v) is 9.19. The summed E-state index contributed by atoms with van der Waals surface area (Å²) >= 11 is 1.90. The van der Waals surface area contributed by atoms with Crippen LogP contribution >= 0.6 is 11.8 Å². The van der Waals surface area contributed by atoms with E-state index in [4.69, 9.17) is 0 Å². The topological polar surface area (TPSA) is 35.1 Å². The lowest BCUT2D eigenvalue weighted by molar-refractivity contribution is -0.485. The fourth-order valence-electron chi connectivity index (χ4n) is 4.15. The number of benzene rings is 2. The third-order valence-corrected chi connectivity index (χ3v) is 7.24. The van der Waals surface area contributed by atoms with Crippen molar-refractivity contribution in [2.75, 3.05) is 42.9 Å². The number of hydrogen-bond donors (Lipinski definition) is 2. The highest BCUT2D eigenvalue weighted by molar-refractivity contribution is 7.99. The van der Waals surface area contributed by atoms with E-state index in [9.17, 15) is 0 Å². The van der Waals surface area contributed by atoms with E-state index in [-0.39, 0.29) is 24.0 Å². The Bertz CT molecular complexity index is 821. The Morgan fingerprint density at radius 3 is 2.19 bits per heavy atom. The van der Waals surface area contributed by atoms with Gasteiger partial charge in [-0.1, -0.05) is 25.6 Å². The van der Waals surface area contributed by atoms with Crippen molar-refractivity contribution in [3.8, 4) is 0 Å². The van der Waals surface area contributed by atoms with Crippen molar-refractivity contribution in [3.05, 3.63) is 36.4 Å². The molecule has 0 aromatic heterocycles. The van der Waals surface area contributed by atoms with Gasteiger partial charge in [0.05, 0.1) is 9.79 Å². The molecule has 3 N–H and O–H groups in total. The summed E-state index contributed by atoms with van der Waals surface area (Å²) in [4.78, 5) is 7.62. The second kappa shape index (κ2) is 12.9. The van der Waals surface area contributed by atoms with Crippen LogP contribution in [-0.2, 0) is 0 Å². The molecule has 0 bridgehead atoms. The van der Waals surface area contributed by atoms with Crippen molar-refractivity contribution in [1.82, 2.24) is 4.90 Å². The minimum atomic E-state index is 0. The molecule has 1 heterocycles. The lowest BCUT2D eigenvalue weighted by Gasteiger charge is -2.24. The van der Waals surface area contributed by atoms with Gasteiger partial charge in [0, 0.05) is 42.6 Å². The fourth-order valence-corrected chi connectivity index (χ4v) is 5.24. The Morgan fingerprint density at radius 1 is 0.903 bits per heavy atom. The van der Waals surface area contributed by atoms with Gasteiger partial charge in [0.25, 0.3) is 0 Å². The Hall–Kier alpha value is -0.960. The van der Waals surface area contributed by atoms with E-state index in [1.807, 2.05) is 11.8 Å². The average Bonchev–Trinajstić information content (AvgIpc) is 2.76. The zero-order chi connectivity index (χ0) is 21.5. The molecule has 6 heteroatoms. The van der Waals surface area contributed by atoms with Crippen LogP contribution in [0.15, 0.2) is 46.2 Å². The quantitative estimate of drug-likeness (QED) is 0.282. The summed E-state index contributed by atoms with van der Waals surface area (Å²) in [6.07, 6.45) is 2.44. The normalized spacial score (nSPS) is 13.2. The molecule has 0 radical (unpaired) electrons. The maximum Gasteiger partial charge on any atom is 0.148 e. The maximum absolute atomic E-state index is 3.72. The van der Waals surface area contributed by atoms with Crippen LogP contribution in [-0.4, -0.2) is 43.7 Å². The third kappa shape index (κ3) is 7.01. The summed E-state index contributed by atoms with van der Waals surface area (Å²) in [7, 11) is 0. The molecule has 0 aliphatic carbocycles. The van der Waals surface area contributed by atoms with Crippen LogP contribution in [0.4, 0.5) is 22.7 Å². The van der Waals surface area contributed by atoms with Crippen molar-refractivity contribution >= 4 is 34.5 Å². The van der Waals surface area contributed by atoms with Gasteiger partial charge in [0.1, 0.15) is 11.4 Å². The number of quaternary nitrogens is 1. The van der Waals surface area contributed by atoms with Crippen molar-refractivity contribution < 1.29 is 29.3 Å². The molecular formula is C25H39IN4S. The number of hydrogen-bond acceptors (Lipinski definition) is 4. The van der Waals surface area contributed by atoms with Gasteiger partial charge in [0.15, 0.2) is 0 Å². The molecule has 1 aliphatic heterocycles. The summed E-state index contributed by atoms with van der Waals surface area (Å²) in [6.45, 7) is 16.8. The van der Waals surface area contributed by atoms with Crippen molar-refractivity contribution in [2.24, 2.45) is 0 Å². The van der Waals surface area contributed by atoms with Crippen molar-refractivity contribution in [3.63, 3.8) is 0 Å². The molecule has 31 heavy (non-hydrogen) atoms. The van der Waals surface area contributed by atoms with E-state index in [2.05, 4.69) is 91.5 Å². The molecule has 4 nitrogen and oxygen atoms in total. The smallest absolute Gasteiger partial charge is 0.148 e. The van der Waals surface area contributed by atoms with Gasteiger partial charge in [-0.25, -0.2) is 0 Å². The van der Waals surface area contributed by atoms with Crippen LogP contribution in [0.1, 0.15) is 47.5 Å². The number of nitrogens with two attached hydrogens (primary N) is 1. The first kappa shape index (κ1) is 26.3. The lowest BCUT2D eigenvalue weighted by atomic mass is 10.1. The molecule has 1 atom stereocenters. The minimum Gasteiger partial charge on any atom is -1.00 e. The standard InChI is InChI=1S/C25H38N4S.HI/c1-6-28(7-2)16-10-11-19(5)26-20-12-14-22-24(17-20)30-25-18-21(29(8-3)9-4)13-15-23(25)27-22;/h12-15,17-19,26-27H,6-11,16H2,1-5H3;1H. The SMILES string of the molecule is CCN(CC)CCCC(C)Nc1ccc2c(c1)Sc1cc(N(CC)CC)ccc1[NH2+]2.[I-]. The van der Waals surface area contributed by atoms with Gasteiger partial charge >= 0.3 is 0 Å². The van der Waals surface area contributed by atoms with Gasteiger partial charge < -0.3 is 39.1 Å². The fraction of sp³-hybridized carbons (Fsp3) is 0.520. The monoisotopic (exact) mass is 554 g/mol. The Morgan fingerprint density at radius 2 is 1.55 bits per heavy atom.